The number of aromatic amines is 1. The molecule has 1 aromatic heterocycles. The van der Waals surface area contributed by atoms with Crippen LogP contribution in [0.3, 0.4) is 0 Å². The highest BCUT2D eigenvalue weighted by Crippen LogP contribution is 2.55. The van der Waals surface area contributed by atoms with Crippen LogP contribution in [0.15, 0.2) is 78.9 Å². The molecule has 1 aliphatic carbocycles. The average Bonchev–Trinajstić information content (AvgIpc) is 3.32. The van der Waals surface area contributed by atoms with Crippen molar-refractivity contribution < 1.29 is 18.0 Å². The molecule has 3 atom stereocenters. The summed E-state index contributed by atoms with van der Waals surface area (Å²) >= 11 is 0. The molecule has 1 N–H and O–H groups in total. The number of H-pyrrole nitrogens is 1. The van der Waals surface area contributed by atoms with Crippen LogP contribution in [0.1, 0.15) is 41.6 Å². The quantitative estimate of drug-likeness (QED) is 0.290. The fourth-order valence-electron chi connectivity index (χ4n) is 6.95. The molecule has 1 amide bonds. The van der Waals surface area contributed by atoms with Crippen molar-refractivity contribution in [3.63, 3.8) is 0 Å². The van der Waals surface area contributed by atoms with E-state index < -0.39 is 17.2 Å². The second-order valence-electron chi connectivity index (χ2n) is 11.2. The van der Waals surface area contributed by atoms with E-state index in [-0.39, 0.29) is 24.0 Å². The van der Waals surface area contributed by atoms with Gasteiger partial charge in [-0.15, -0.1) is 0 Å². The average molecular weight is 544 g/mol. The van der Waals surface area contributed by atoms with E-state index in [1.807, 2.05) is 55.4 Å². The molecule has 4 aromatic rings. The standard InChI is InChI=1S/C33H32F3N3O/c1-38(2)32(23-9-6-10-24(34)19-23)16-17-33(29(36)21-32)31-26(27-20-25(35)12-13-28(27)37-31)15-18-39(33)30(40)14-11-22-7-4-3-5-8-22/h3-14,19-20,29,37H,15-18,21H2,1-2H3. The second kappa shape index (κ2) is 9.97. The topological polar surface area (TPSA) is 39.3 Å². The Kier molecular flexibility index (Phi) is 6.57. The van der Waals surface area contributed by atoms with Gasteiger partial charge in [-0.1, -0.05) is 42.5 Å². The minimum absolute atomic E-state index is 0.0683. The summed E-state index contributed by atoms with van der Waals surface area (Å²) in [6.45, 7) is 0.309. The summed E-state index contributed by atoms with van der Waals surface area (Å²) in [7, 11) is 3.78. The summed E-state index contributed by atoms with van der Waals surface area (Å²) in [5.74, 6) is -0.995. The van der Waals surface area contributed by atoms with Crippen molar-refractivity contribution in [1.29, 1.82) is 0 Å². The molecule has 40 heavy (non-hydrogen) atoms. The van der Waals surface area contributed by atoms with Crippen molar-refractivity contribution in [3.05, 3.63) is 113 Å². The fraction of sp³-hybridized carbons (Fsp3) is 0.303. The predicted molar refractivity (Wildman–Crippen MR) is 151 cm³/mol. The number of hydrogen-bond acceptors (Lipinski definition) is 2. The monoisotopic (exact) mass is 543 g/mol. The number of nitrogens with zero attached hydrogens (tertiary/aromatic N) is 2. The fourth-order valence-corrected chi connectivity index (χ4v) is 6.95. The SMILES string of the molecule is CN(C)C1(c2cccc(F)c2)CCC2(c3[nH]c4ccc(F)cc4c3CCN2C(=O)C=Cc2ccccc2)C(F)C1. The molecule has 1 saturated carbocycles. The number of carbonyl (C=O) groups is 1. The highest BCUT2D eigenvalue weighted by Gasteiger charge is 2.58. The second-order valence-corrected chi connectivity index (χ2v) is 11.2. The van der Waals surface area contributed by atoms with Gasteiger partial charge < -0.3 is 9.88 Å². The van der Waals surface area contributed by atoms with Gasteiger partial charge in [-0.3, -0.25) is 9.69 Å². The van der Waals surface area contributed by atoms with Crippen LogP contribution in [0.25, 0.3) is 17.0 Å². The van der Waals surface area contributed by atoms with E-state index in [1.165, 1.54) is 30.3 Å². The molecule has 1 spiro atoms. The van der Waals surface area contributed by atoms with Gasteiger partial charge >= 0.3 is 0 Å². The predicted octanol–water partition coefficient (Wildman–Crippen LogP) is 6.72. The van der Waals surface area contributed by atoms with Crippen LogP contribution in [0.2, 0.25) is 0 Å². The number of fused-ring (bicyclic) bond motifs is 4. The maximum Gasteiger partial charge on any atom is 0.247 e. The molecular formula is C33H32F3N3O. The van der Waals surface area contributed by atoms with Gasteiger partial charge in [0.2, 0.25) is 5.91 Å². The summed E-state index contributed by atoms with van der Waals surface area (Å²) in [5.41, 5.74) is 1.79. The molecule has 2 heterocycles. The molecule has 1 fully saturated rings. The van der Waals surface area contributed by atoms with Gasteiger partial charge in [-0.2, -0.15) is 0 Å². The van der Waals surface area contributed by atoms with Crippen LogP contribution >= 0.6 is 0 Å². The van der Waals surface area contributed by atoms with Gasteiger partial charge in [0.25, 0.3) is 0 Å². The molecule has 0 radical (unpaired) electrons. The van der Waals surface area contributed by atoms with E-state index in [4.69, 9.17) is 0 Å². The first-order valence-corrected chi connectivity index (χ1v) is 13.7. The van der Waals surface area contributed by atoms with Gasteiger partial charge in [-0.25, -0.2) is 13.2 Å². The van der Waals surface area contributed by atoms with E-state index in [2.05, 4.69) is 4.98 Å². The minimum atomic E-state index is -1.47. The molecule has 3 aromatic carbocycles. The number of amides is 1. The maximum absolute atomic E-state index is 17.2. The molecule has 6 rings (SSSR count). The third-order valence-corrected chi connectivity index (χ3v) is 9.02. The Morgan fingerprint density at radius 1 is 1.00 bits per heavy atom. The van der Waals surface area contributed by atoms with E-state index in [0.29, 0.717) is 37.1 Å². The van der Waals surface area contributed by atoms with Gasteiger partial charge in [0.1, 0.15) is 23.3 Å². The van der Waals surface area contributed by atoms with Crippen molar-refractivity contribution in [3.8, 4) is 0 Å². The van der Waals surface area contributed by atoms with Gasteiger partial charge in [0, 0.05) is 41.2 Å². The summed E-state index contributed by atoms with van der Waals surface area (Å²) < 4.78 is 45.8. The Hall–Kier alpha value is -3.84. The Morgan fingerprint density at radius 3 is 2.50 bits per heavy atom. The zero-order chi connectivity index (χ0) is 28.1. The summed E-state index contributed by atoms with van der Waals surface area (Å²) in [6.07, 6.45) is 3.16. The van der Waals surface area contributed by atoms with Crippen molar-refractivity contribution >= 4 is 22.9 Å². The van der Waals surface area contributed by atoms with Crippen LogP contribution in [-0.4, -0.2) is 47.5 Å². The number of aromatic nitrogens is 1. The molecular weight excluding hydrogens is 511 g/mol. The Balaban J connectivity index is 1.47. The van der Waals surface area contributed by atoms with Crippen molar-refractivity contribution in [2.24, 2.45) is 0 Å². The van der Waals surface area contributed by atoms with Crippen LogP contribution in [0, 0.1) is 11.6 Å². The number of nitrogens with one attached hydrogen (secondary N) is 1. The number of rotatable bonds is 4. The number of hydrogen-bond donors (Lipinski definition) is 1. The lowest BCUT2D eigenvalue weighted by atomic mass is 9.64. The van der Waals surface area contributed by atoms with Gasteiger partial charge in [-0.05, 0) is 86.5 Å². The normalized spacial score (nSPS) is 24.8. The highest BCUT2D eigenvalue weighted by atomic mass is 19.1. The Labute approximate surface area is 232 Å². The molecule has 7 heteroatoms. The third kappa shape index (κ3) is 4.15. The lowest BCUT2D eigenvalue weighted by Gasteiger charge is -2.56. The number of alkyl halides is 1. The number of benzene rings is 3. The van der Waals surface area contributed by atoms with E-state index in [9.17, 15) is 13.6 Å². The molecule has 0 saturated heterocycles. The smallest absolute Gasteiger partial charge is 0.247 e. The third-order valence-electron chi connectivity index (χ3n) is 9.02. The lowest BCUT2D eigenvalue weighted by molar-refractivity contribution is -0.145. The summed E-state index contributed by atoms with van der Waals surface area (Å²) in [5, 5.41) is 0.725. The van der Waals surface area contributed by atoms with Crippen molar-refractivity contribution in [1.82, 2.24) is 14.8 Å². The number of carbonyl (C=O) groups excluding carboxylic acids is 1. The first-order chi connectivity index (χ1) is 19.2. The van der Waals surface area contributed by atoms with E-state index in [1.54, 1.807) is 23.1 Å². The maximum atomic E-state index is 17.2. The zero-order valence-electron chi connectivity index (χ0n) is 22.6. The first kappa shape index (κ1) is 26.4. The van der Waals surface area contributed by atoms with E-state index >= 15 is 4.39 Å². The summed E-state index contributed by atoms with van der Waals surface area (Å²) in [4.78, 5) is 20.8. The molecule has 0 bridgehead atoms. The van der Waals surface area contributed by atoms with Gasteiger partial charge in [0.15, 0.2) is 0 Å². The largest absolute Gasteiger partial charge is 0.356 e. The van der Waals surface area contributed by atoms with Crippen LogP contribution in [-0.2, 0) is 22.3 Å². The zero-order valence-corrected chi connectivity index (χ0v) is 22.6. The first-order valence-electron chi connectivity index (χ1n) is 13.7. The molecule has 206 valence electrons. The minimum Gasteiger partial charge on any atom is -0.356 e. The molecule has 4 nitrogen and oxygen atoms in total. The Bertz CT molecular complexity index is 1600. The van der Waals surface area contributed by atoms with Crippen LogP contribution in [0.4, 0.5) is 13.2 Å². The molecule has 2 aliphatic rings. The molecule has 3 unspecified atom stereocenters. The molecule has 1 aliphatic heterocycles. The Morgan fingerprint density at radius 2 is 1.77 bits per heavy atom. The summed E-state index contributed by atoms with van der Waals surface area (Å²) in [6, 6.07) is 20.4. The van der Waals surface area contributed by atoms with Crippen LogP contribution < -0.4 is 0 Å². The van der Waals surface area contributed by atoms with Crippen molar-refractivity contribution in [2.45, 2.75) is 42.9 Å². The number of halogens is 3. The highest BCUT2D eigenvalue weighted by molar-refractivity contribution is 5.94. The van der Waals surface area contributed by atoms with Gasteiger partial charge in [0.05, 0.1) is 0 Å². The lowest BCUT2D eigenvalue weighted by Crippen LogP contribution is -2.63. The van der Waals surface area contributed by atoms with Crippen molar-refractivity contribution in [2.75, 3.05) is 20.6 Å². The van der Waals surface area contributed by atoms with E-state index in [0.717, 1.165) is 22.0 Å². The van der Waals surface area contributed by atoms with Crippen LogP contribution in [0.5, 0.6) is 0 Å².